The first-order valence-corrected chi connectivity index (χ1v) is 11.7. The zero-order chi connectivity index (χ0) is 24.7. The third-order valence-corrected chi connectivity index (χ3v) is 7.20. The van der Waals surface area contributed by atoms with Crippen molar-refractivity contribution in [3.8, 4) is 5.75 Å². The lowest BCUT2D eigenvalue weighted by atomic mass is 9.85. The van der Waals surface area contributed by atoms with Gasteiger partial charge in [0.05, 0.1) is 11.1 Å². The molecule has 0 saturated carbocycles. The highest BCUT2D eigenvalue weighted by molar-refractivity contribution is 7.89. The number of hydrogen-bond donors (Lipinski definition) is 3. The van der Waals surface area contributed by atoms with Crippen molar-refractivity contribution >= 4 is 38.9 Å². The molecule has 0 aliphatic rings. The first kappa shape index (κ1) is 24.7. The normalized spacial score (nSPS) is 13.3. The SMILES string of the molecule is Cc1ccc([C@H](Nc2no[n+]([O-])c2Nc2ccc(Cl)c(S(=O)(=O)N(C)C)c2O)C(C)(C)C)o1. The Morgan fingerprint density at radius 3 is 2.45 bits per heavy atom. The standard InChI is InChI=1S/C20H26ClN5O6S/c1-11-7-10-14(31-11)17(20(2,3)4)23-18-19(26(28)32-24-18)22-13-9-8-12(21)16(15(13)27)33(29,30)25(5)6/h7-10,17,22,27H,1-6H3,(H,23,24)/t17-/m0/s1. The summed E-state index contributed by atoms with van der Waals surface area (Å²) in [6, 6.07) is 5.87. The number of aromatic nitrogens is 2. The molecule has 0 bridgehead atoms. The maximum absolute atomic E-state index is 12.6. The Bertz CT molecular complexity index is 1260. The monoisotopic (exact) mass is 499 g/mol. The van der Waals surface area contributed by atoms with Gasteiger partial charge in [0.25, 0.3) is 5.82 Å². The Balaban J connectivity index is 2.02. The second-order valence-corrected chi connectivity index (χ2v) is 11.2. The molecule has 2 heterocycles. The van der Waals surface area contributed by atoms with Crippen molar-refractivity contribution in [3.63, 3.8) is 0 Å². The summed E-state index contributed by atoms with van der Waals surface area (Å²) >= 11 is 6.05. The number of nitrogens with zero attached hydrogens (tertiary/aromatic N) is 3. The molecule has 0 fully saturated rings. The van der Waals surface area contributed by atoms with Crippen LogP contribution in [0, 0.1) is 17.5 Å². The second kappa shape index (κ2) is 8.76. The zero-order valence-corrected chi connectivity index (χ0v) is 20.6. The number of sulfonamides is 1. The molecule has 0 radical (unpaired) electrons. The lowest BCUT2D eigenvalue weighted by molar-refractivity contribution is -0.790. The molecule has 3 N–H and O–H groups in total. The van der Waals surface area contributed by atoms with Crippen LogP contribution in [0.1, 0.15) is 38.3 Å². The van der Waals surface area contributed by atoms with Gasteiger partial charge in [-0.2, -0.15) is 0 Å². The highest BCUT2D eigenvalue weighted by Crippen LogP contribution is 2.41. The van der Waals surface area contributed by atoms with Gasteiger partial charge in [-0.05, 0) is 41.8 Å². The van der Waals surface area contributed by atoms with Crippen molar-refractivity contribution in [1.29, 1.82) is 0 Å². The molecule has 1 aromatic carbocycles. The first-order chi connectivity index (χ1) is 15.2. The van der Waals surface area contributed by atoms with Crippen LogP contribution in [0.2, 0.25) is 5.02 Å². The van der Waals surface area contributed by atoms with Crippen molar-refractivity contribution in [2.45, 2.75) is 38.6 Å². The quantitative estimate of drug-likeness (QED) is 0.326. The van der Waals surface area contributed by atoms with E-state index in [0.29, 0.717) is 5.76 Å². The summed E-state index contributed by atoms with van der Waals surface area (Å²) in [6.45, 7) is 7.75. The van der Waals surface area contributed by atoms with E-state index in [-0.39, 0.29) is 32.7 Å². The van der Waals surface area contributed by atoms with E-state index in [1.807, 2.05) is 39.8 Å². The average Bonchev–Trinajstić information content (AvgIpc) is 3.26. The molecule has 180 valence electrons. The Labute approximate surface area is 196 Å². The van der Waals surface area contributed by atoms with Crippen molar-refractivity contribution in [2.24, 2.45) is 5.41 Å². The number of anilines is 3. The van der Waals surface area contributed by atoms with Crippen molar-refractivity contribution in [1.82, 2.24) is 9.46 Å². The summed E-state index contributed by atoms with van der Waals surface area (Å²) in [5.41, 5.74) is -0.444. The van der Waals surface area contributed by atoms with Crippen LogP contribution in [0.25, 0.3) is 0 Å². The number of aromatic hydroxyl groups is 1. The number of benzene rings is 1. The fourth-order valence-corrected chi connectivity index (χ4v) is 4.59. The molecule has 0 unspecified atom stereocenters. The lowest BCUT2D eigenvalue weighted by Crippen LogP contribution is -2.29. The molecule has 3 aromatic rings. The summed E-state index contributed by atoms with van der Waals surface area (Å²) in [6.07, 6.45) is 0. The number of hydrogen-bond acceptors (Lipinski definition) is 9. The van der Waals surface area contributed by atoms with E-state index in [1.165, 1.54) is 26.2 Å². The molecule has 0 aliphatic heterocycles. The maximum atomic E-state index is 12.6. The molecule has 0 spiro atoms. The molecule has 33 heavy (non-hydrogen) atoms. The van der Waals surface area contributed by atoms with Gasteiger partial charge in [0.1, 0.15) is 22.1 Å². The first-order valence-electron chi connectivity index (χ1n) is 9.87. The van der Waals surface area contributed by atoms with Gasteiger partial charge in [-0.25, -0.2) is 12.7 Å². The van der Waals surface area contributed by atoms with E-state index in [0.717, 1.165) is 10.1 Å². The van der Waals surface area contributed by atoms with Gasteiger partial charge in [0.15, 0.2) is 5.75 Å². The highest BCUT2D eigenvalue weighted by atomic mass is 35.5. The average molecular weight is 500 g/mol. The molecule has 11 nitrogen and oxygen atoms in total. The maximum Gasteiger partial charge on any atom is 0.324 e. The molecule has 2 aromatic heterocycles. The number of phenols is 1. The molecule has 13 heteroatoms. The predicted molar refractivity (Wildman–Crippen MR) is 122 cm³/mol. The fourth-order valence-electron chi connectivity index (χ4n) is 3.11. The van der Waals surface area contributed by atoms with Crippen molar-refractivity contribution in [2.75, 3.05) is 24.7 Å². The zero-order valence-electron chi connectivity index (χ0n) is 19.0. The Kier molecular flexibility index (Phi) is 6.55. The topological polar surface area (TPSA) is 148 Å². The fraction of sp³-hybridized carbons (Fsp3) is 0.400. The van der Waals surface area contributed by atoms with Crippen molar-refractivity contribution < 1.29 is 27.5 Å². The minimum absolute atomic E-state index is 0.0327. The number of rotatable bonds is 7. The third-order valence-electron chi connectivity index (χ3n) is 4.88. The van der Waals surface area contributed by atoms with Crippen LogP contribution in [0.15, 0.2) is 38.2 Å². The van der Waals surface area contributed by atoms with Gasteiger partial charge >= 0.3 is 5.82 Å². The Morgan fingerprint density at radius 1 is 1.24 bits per heavy atom. The van der Waals surface area contributed by atoms with E-state index in [4.69, 9.17) is 20.6 Å². The second-order valence-electron chi connectivity index (χ2n) is 8.70. The number of nitrogens with one attached hydrogen (secondary N) is 2. The predicted octanol–water partition coefficient (Wildman–Crippen LogP) is 3.76. The smallest absolute Gasteiger partial charge is 0.324 e. The van der Waals surface area contributed by atoms with Gasteiger partial charge in [-0.1, -0.05) is 37.3 Å². The van der Waals surface area contributed by atoms with Gasteiger partial charge in [0, 0.05) is 14.1 Å². The van der Waals surface area contributed by atoms with E-state index in [2.05, 4.69) is 15.8 Å². The van der Waals surface area contributed by atoms with Crippen LogP contribution in [-0.2, 0) is 10.0 Å². The molecule has 0 amide bonds. The molecule has 1 atom stereocenters. The van der Waals surface area contributed by atoms with Gasteiger partial charge in [0.2, 0.25) is 10.0 Å². The van der Waals surface area contributed by atoms with Gasteiger partial charge in [-0.3, -0.25) is 5.32 Å². The lowest BCUT2D eigenvalue weighted by Gasteiger charge is -2.29. The molecule has 0 saturated heterocycles. The minimum Gasteiger partial charge on any atom is -0.503 e. The largest absolute Gasteiger partial charge is 0.503 e. The van der Waals surface area contributed by atoms with Crippen LogP contribution in [0.5, 0.6) is 5.75 Å². The summed E-state index contributed by atoms with van der Waals surface area (Å²) < 4.78 is 36.6. The summed E-state index contributed by atoms with van der Waals surface area (Å²) in [4.78, 5) is -0.398. The Morgan fingerprint density at radius 2 is 1.91 bits per heavy atom. The molecular weight excluding hydrogens is 474 g/mol. The van der Waals surface area contributed by atoms with Crippen LogP contribution in [-0.4, -0.2) is 37.1 Å². The number of phenolic OH excluding ortho intramolecular Hbond substituents is 1. The van der Waals surface area contributed by atoms with Crippen molar-refractivity contribution in [3.05, 3.63) is 46.0 Å². The number of halogens is 1. The van der Waals surface area contributed by atoms with Crippen LogP contribution < -0.4 is 15.5 Å². The molecular formula is C20H26ClN5O6S. The van der Waals surface area contributed by atoms with Crippen LogP contribution in [0.3, 0.4) is 0 Å². The molecule has 0 aliphatic carbocycles. The summed E-state index contributed by atoms with van der Waals surface area (Å²) in [5.74, 6) is 0.528. The summed E-state index contributed by atoms with van der Waals surface area (Å²) in [7, 11) is -1.46. The molecule has 3 rings (SSSR count). The van der Waals surface area contributed by atoms with Gasteiger partial charge in [-0.15, -0.1) is 0 Å². The van der Waals surface area contributed by atoms with E-state index in [1.54, 1.807) is 0 Å². The van der Waals surface area contributed by atoms with E-state index >= 15 is 0 Å². The Hall–Kier alpha value is -2.96. The number of aryl methyl sites for hydroxylation is 1. The van der Waals surface area contributed by atoms with Crippen LogP contribution >= 0.6 is 11.6 Å². The third kappa shape index (κ3) is 4.87. The number of furan rings is 1. The van der Waals surface area contributed by atoms with E-state index in [9.17, 15) is 18.7 Å². The van der Waals surface area contributed by atoms with E-state index < -0.39 is 26.7 Å². The van der Waals surface area contributed by atoms with Gasteiger partial charge < -0.3 is 24.7 Å². The van der Waals surface area contributed by atoms with Crippen LogP contribution in [0.4, 0.5) is 17.3 Å². The summed E-state index contributed by atoms with van der Waals surface area (Å²) in [5, 5.41) is 32.4. The highest BCUT2D eigenvalue weighted by Gasteiger charge is 2.34. The minimum atomic E-state index is -4.07.